The molecule has 3 nitrogen and oxygen atoms in total. The van der Waals surface area contributed by atoms with Gasteiger partial charge in [0.15, 0.2) is 0 Å². The second-order valence-corrected chi connectivity index (χ2v) is 20.2. The molecule has 0 fully saturated rings. The van der Waals surface area contributed by atoms with Crippen LogP contribution in [0.15, 0.2) is 346 Å². The summed E-state index contributed by atoms with van der Waals surface area (Å²) < 4.78 is 0. The minimum absolute atomic E-state index is 1.11. The van der Waals surface area contributed by atoms with Gasteiger partial charge >= 0.3 is 0 Å². The summed E-state index contributed by atoms with van der Waals surface area (Å²) in [6, 6.07) is 124. The number of rotatable bonds is 15. The maximum atomic E-state index is 2.34. The molecule has 0 spiro atoms. The van der Waals surface area contributed by atoms with Crippen LogP contribution in [0, 0.1) is 0 Å². The predicted octanol–water partition coefficient (Wildman–Crippen LogP) is 22.1. The third-order valence-electron chi connectivity index (χ3n) is 15.1. The van der Waals surface area contributed by atoms with Gasteiger partial charge in [-0.1, -0.05) is 218 Å². The molecular formula is C78H57N3. The van der Waals surface area contributed by atoms with Gasteiger partial charge in [0.05, 0.1) is 0 Å². The van der Waals surface area contributed by atoms with E-state index in [1.165, 1.54) is 33.4 Å². The Morgan fingerprint density at radius 3 is 0.395 bits per heavy atom. The minimum Gasteiger partial charge on any atom is -0.311 e. The van der Waals surface area contributed by atoms with Crippen molar-refractivity contribution in [2.45, 2.75) is 0 Å². The van der Waals surface area contributed by atoms with Gasteiger partial charge in [-0.2, -0.15) is 0 Å². The molecule has 0 aliphatic rings. The quantitative estimate of drug-likeness (QED) is 0.101. The number of para-hydroxylation sites is 6. The Kier molecular flexibility index (Phi) is 14.2. The van der Waals surface area contributed by atoms with Crippen LogP contribution < -0.4 is 14.7 Å². The molecule has 0 N–H and O–H groups in total. The number of nitrogens with zero attached hydrogens (tertiary/aromatic N) is 3. The largest absolute Gasteiger partial charge is 0.311 e. The molecule has 0 amide bonds. The molecule has 0 saturated carbocycles. The van der Waals surface area contributed by atoms with E-state index in [9.17, 15) is 0 Å². The van der Waals surface area contributed by atoms with E-state index in [0.29, 0.717) is 0 Å². The van der Waals surface area contributed by atoms with Crippen molar-refractivity contribution < 1.29 is 0 Å². The maximum absolute atomic E-state index is 2.34. The Morgan fingerprint density at radius 1 is 0.111 bits per heavy atom. The van der Waals surface area contributed by atoms with Gasteiger partial charge in [0.2, 0.25) is 0 Å². The van der Waals surface area contributed by atoms with Crippen molar-refractivity contribution in [3.8, 4) is 66.8 Å². The Morgan fingerprint density at radius 2 is 0.235 bits per heavy atom. The van der Waals surface area contributed by atoms with Gasteiger partial charge in [-0.25, -0.2) is 0 Å². The fourth-order valence-electron chi connectivity index (χ4n) is 10.9. The highest BCUT2D eigenvalue weighted by atomic mass is 15.2. The Balaban J connectivity index is 0.807. The van der Waals surface area contributed by atoms with Crippen LogP contribution in [0.25, 0.3) is 66.8 Å². The molecule has 384 valence electrons. The van der Waals surface area contributed by atoms with Crippen LogP contribution in [0.3, 0.4) is 0 Å². The van der Waals surface area contributed by atoms with Crippen molar-refractivity contribution >= 4 is 51.2 Å². The van der Waals surface area contributed by atoms with Crippen molar-refractivity contribution in [3.05, 3.63) is 346 Å². The first-order valence-corrected chi connectivity index (χ1v) is 27.6. The molecule has 0 bridgehead atoms. The lowest BCUT2D eigenvalue weighted by Crippen LogP contribution is -2.09. The molecule has 0 heterocycles. The van der Waals surface area contributed by atoms with Gasteiger partial charge in [0.25, 0.3) is 0 Å². The maximum Gasteiger partial charge on any atom is 0.0462 e. The van der Waals surface area contributed by atoms with Crippen LogP contribution in [0.1, 0.15) is 0 Å². The summed E-state index contributed by atoms with van der Waals surface area (Å²) in [5, 5.41) is 0. The van der Waals surface area contributed by atoms with E-state index in [4.69, 9.17) is 0 Å². The van der Waals surface area contributed by atoms with Gasteiger partial charge in [0.1, 0.15) is 0 Å². The van der Waals surface area contributed by atoms with Crippen LogP contribution in [0.2, 0.25) is 0 Å². The van der Waals surface area contributed by atoms with Gasteiger partial charge < -0.3 is 14.7 Å². The number of hydrogen-bond acceptors (Lipinski definition) is 3. The van der Waals surface area contributed by atoms with Crippen molar-refractivity contribution in [2.24, 2.45) is 0 Å². The second kappa shape index (κ2) is 23.1. The lowest BCUT2D eigenvalue weighted by atomic mass is 9.91. The lowest BCUT2D eigenvalue weighted by molar-refractivity contribution is 1.28. The highest BCUT2D eigenvalue weighted by molar-refractivity contribution is 5.86. The first kappa shape index (κ1) is 49.8. The highest BCUT2D eigenvalue weighted by Crippen LogP contribution is 2.41. The van der Waals surface area contributed by atoms with E-state index in [-0.39, 0.29) is 0 Å². The molecule has 13 aromatic rings. The number of benzene rings is 13. The molecule has 0 atom stereocenters. The summed E-state index contributed by atoms with van der Waals surface area (Å²) >= 11 is 0. The van der Waals surface area contributed by atoms with Gasteiger partial charge in [-0.3, -0.25) is 0 Å². The van der Waals surface area contributed by atoms with Crippen molar-refractivity contribution in [1.29, 1.82) is 0 Å². The van der Waals surface area contributed by atoms with Crippen molar-refractivity contribution in [2.75, 3.05) is 14.7 Å². The van der Waals surface area contributed by atoms with Crippen LogP contribution in [-0.2, 0) is 0 Å². The molecule has 0 saturated heterocycles. The first-order chi connectivity index (χ1) is 40.1. The first-order valence-electron chi connectivity index (χ1n) is 27.6. The Labute approximate surface area is 475 Å². The van der Waals surface area contributed by atoms with Crippen molar-refractivity contribution in [3.63, 3.8) is 0 Å². The molecule has 0 aliphatic carbocycles. The Bertz CT molecular complexity index is 3550. The number of hydrogen-bond donors (Lipinski definition) is 0. The standard InChI is InChI=1S/C78H57N3/c1-7-19-70(20-8-1)79(71-21-9-2-10-22-71)76-49-43-61(44-50-76)58-31-37-64(38-32-58)67-55-68(65-39-33-59(34-40-65)62-45-51-77(52-46-62)80(72-23-11-3-12-24-72)73-25-13-4-14-26-73)57-69(56-67)66-41-35-60(36-42-66)63-47-53-78(54-48-63)81(74-27-15-5-16-28-74)75-29-17-6-18-30-75/h1-57H. The summed E-state index contributed by atoms with van der Waals surface area (Å²) in [6.45, 7) is 0. The zero-order valence-corrected chi connectivity index (χ0v) is 44.8. The topological polar surface area (TPSA) is 9.72 Å². The average molecular weight is 1040 g/mol. The molecule has 81 heavy (non-hydrogen) atoms. The van der Waals surface area contributed by atoms with Crippen LogP contribution >= 0.6 is 0 Å². The van der Waals surface area contributed by atoms with Crippen LogP contribution in [0.4, 0.5) is 51.2 Å². The van der Waals surface area contributed by atoms with E-state index in [1.807, 2.05) is 0 Å². The van der Waals surface area contributed by atoms with E-state index < -0.39 is 0 Å². The summed E-state index contributed by atoms with van der Waals surface area (Å²) in [5.74, 6) is 0. The summed E-state index contributed by atoms with van der Waals surface area (Å²) in [4.78, 5) is 6.89. The van der Waals surface area contributed by atoms with E-state index in [2.05, 4.69) is 360 Å². The fourth-order valence-corrected chi connectivity index (χ4v) is 10.9. The molecule has 0 aliphatic heterocycles. The molecule has 13 aromatic carbocycles. The van der Waals surface area contributed by atoms with E-state index in [1.54, 1.807) is 0 Å². The summed E-state index contributed by atoms with van der Waals surface area (Å²) in [5.41, 5.74) is 24.0. The lowest BCUT2D eigenvalue weighted by Gasteiger charge is -2.25. The van der Waals surface area contributed by atoms with Gasteiger partial charge in [0, 0.05) is 51.2 Å². The molecule has 0 unspecified atom stereocenters. The number of anilines is 9. The van der Waals surface area contributed by atoms with Crippen LogP contribution in [0.5, 0.6) is 0 Å². The highest BCUT2D eigenvalue weighted by Gasteiger charge is 2.17. The van der Waals surface area contributed by atoms with Gasteiger partial charge in [-0.05, 0) is 194 Å². The van der Waals surface area contributed by atoms with Crippen LogP contribution in [-0.4, -0.2) is 0 Å². The van der Waals surface area contributed by atoms with Crippen molar-refractivity contribution in [1.82, 2.24) is 0 Å². The normalized spacial score (nSPS) is 11.0. The SMILES string of the molecule is c1ccc(N(c2ccccc2)c2ccc(-c3ccc(-c4cc(-c5ccc(-c6ccc(N(c7ccccc7)c7ccccc7)cc6)cc5)cc(-c5ccc(-c6ccc(N(c7ccccc7)c7ccccc7)cc6)cc5)c4)cc3)cc2)cc1. The third kappa shape index (κ3) is 10.9. The smallest absolute Gasteiger partial charge is 0.0462 e. The summed E-state index contributed by atoms with van der Waals surface area (Å²) in [6.07, 6.45) is 0. The average Bonchev–Trinajstić information content (AvgIpc) is 3.57. The second-order valence-electron chi connectivity index (χ2n) is 20.2. The zero-order chi connectivity index (χ0) is 54.2. The minimum atomic E-state index is 1.11. The van der Waals surface area contributed by atoms with E-state index in [0.717, 1.165) is 84.6 Å². The molecular weight excluding hydrogens is 979 g/mol. The van der Waals surface area contributed by atoms with E-state index >= 15 is 0 Å². The Hall–Kier alpha value is -10.7. The predicted molar refractivity (Wildman–Crippen MR) is 343 cm³/mol. The molecule has 0 aromatic heterocycles. The zero-order valence-electron chi connectivity index (χ0n) is 44.8. The molecule has 3 heteroatoms. The molecule has 0 radical (unpaired) electrons. The summed E-state index contributed by atoms with van der Waals surface area (Å²) in [7, 11) is 0. The third-order valence-corrected chi connectivity index (χ3v) is 15.1. The fraction of sp³-hybridized carbons (Fsp3) is 0. The monoisotopic (exact) mass is 1040 g/mol. The van der Waals surface area contributed by atoms with Gasteiger partial charge in [-0.15, -0.1) is 0 Å². The molecule has 13 rings (SSSR count).